The summed E-state index contributed by atoms with van der Waals surface area (Å²) in [5.74, 6) is 0.0161. The van der Waals surface area contributed by atoms with Gasteiger partial charge in [0.05, 0.1) is 11.2 Å². The van der Waals surface area contributed by atoms with Crippen LogP contribution in [0, 0.1) is 0 Å². The van der Waals surface area contributed by atoms with Crippen LogP contribution in [0.2, 0.25) is 15.1 Å². The number of hydrogen-bond donors (Lipinski definition) is 2. The summed E-state index contributed by atoms with van der Waals surface area (Å²) in [6.45, 7) is 11.9. The molecule has 0 aliphatic heterocycles. The lowest BCUT2D eigenvalue weighted by atomic mass is 9.78. The monoisotopic (exact) mass is 484 g/mol. The van der Waals surface area contributed by atoms with Crippen LogP contribution in [-0.2, 0) is 15.6 Å². The number of benzene rings is 2. The number of phenolic OH excluding ortho intramolecular Hbond substituents is 1. The molecule has 168 valence electrons. The molecule has 0 bridgehead atoms. The molecule has 0 radical (unpaired) electrons. The maximum Gasteiger partial charge on any atom is 0.277 e. The van der Waals surface area contributed by atoms with Crippen molar-refractivity contribution in [3.8, 4) is 11.5 Å². The van der Waals surface area contributed by atoms with Crippen molar-refractivity contribution in [1.82, 2.24) is 5.43 Å². The van der Waals surface area contributed by atoms with Gasteiger partial charge in [-0.2, -0.15) is 5.10 Å². The van der Waals surface area contributed by atoms with Gasteiger partial charge in [-0.1, -0.05) is 76.3 Å². The van der Waals surface area contributed by atoms with Gasteiger partial charge in [0.15, 0.2) is 6.61 Å². The van der Waals surface area contributed by atoms with Crippen molar-refractivity contribution in [2.45, 2.75) is 52.4 Å². The number of aromatic hydroxyl groups is 1. The molecule has 2 rings (SSSR count). The minimum atomic E-state index is -0.478. The minimum Gasteiger partial charge on any atom is -0.507 e. The van der Waals surface area contributed by atoms with Crippen molar-refractivity contribution in [1.29, 1.82) is 0 Å². The largest absolute Gasteiger partial charge is 0.507 e. The maximum absolute atomic E-state index is 12.1. The van der Waals surface area contributed by atoms with E-state index in [-0.39, 0.29) is 39.0 Å². The Morgan fingerprint density at radius 1 is 1.03 bits per heavy atom. The second-order valence-electron chi connectivity index (χ2n) is 9.25. The van der Waals surface area contributed by atoms with Crippen molar-refractivity contribution in [2.24, 2.45) is 5.10 Å². The second-order valence-corrected chi connectivity index (χ2v) is 10.5. The van der Waals surface area contributed by atoms with Crippen molar-refractivity contribution < 1.29 is 14.6 Å². The Labute approximate surface area is 198 Å². The first kappa shape index (κ1) is 25.3. The van der Waals surface area contributed by atoms with E-state index in [0.29, 0.717) is 5.02 Å². The van der Waals surface area contributed by atoms with Gasteiger partial charge < -0.3 is 9.84 Å². The highest BCUT2D eigenvalue weighted by atomic mass is 35.5. The molecule has 1 amide bonds. The maximum atomic E-state index is 12.1. The van der Waals surface area contributed by atoms with Crippen LogP contribution < -0.4 is 10.2 Å². The molecule has 0 aliphatic carbocycles. The first-order valence-corrected chi connectivity index (χ1v) is 10.8. The van der Waals surface area contributed by atoms with Crippen molar-refractivity contribution in [2.75, 3.05) is 6.61 Å². The number of hydrazone groups is 1. The molecule has 5 nitrogen and oxygen atoms in total. The third-order valence-electron chi connectivity index (χ3n) is 4.47. The Kier molecular flexibility index (Phi) is 7.90. The van der Waals surface area contributed by atoms with E-state index in [1.807, 2.05) is 53.7 Å². The molecular formula is C23H27Cl3N2O3. The number of nitrogens with one attached hydrogen (secondary N) is 1. The fraction of sp³-hybridized carbons (Fsp3) is 0.391. The van der Waals surface area contributed by atoms with Crippen molar-refractivity contribution in [3.63, 3.8) is 0 Å². The molecule has 0 saturated carbocycles. The predicted octanol–water partition coefficient (Wildman–Crippen LogP) is 6.48. The topological polar surface area (TPSA) is 70.9 Å². The van der Waals surface area contributed by atoms with E-state index in [1.54, 1.807) is 0 Å². The molecule has 0 spiro atoms. The van der Waals surface area contributed by atoms with E-state index in [1.165, 1.54) is 18.3 Å². The number of hydrogen-bond acceptors (Lipinski definition) is 4. The molecule has 0 atom stereocenters. The first-order valence-electron chi connectivity index (χ1n) is 9.67. The van der Waals surface area contributed by atoms with Crippen LogP contribution >= 0.6 is 34.8 Å². The molecule has 8 heteroatoms. The number of carbonyl (C=O) groups is 1. The van der Waals surface area contributed by atoms with Crippen LogP contribution in [0.1, 0.15) is 58.2 Å². The predicted molar refractivity (Wildman–Crippen MR) is 128 cm³/mol. The van der Waals surface area contributed by atoms with Crippen LogP contribution in [0.3, 0.4) is 0 Å². The number of phenols is 1. The highest BCUT2D eigenvalue weighted by Gasteiger charge is 2.26. The summed E-state index contributed by atoms with van der Waals surface area (Å²) < 4.78 is 5.39. The smallest absolute Gasteiger partial charge is 0.277 e. The molecule has 31 heavy (non-hydrogen) atoms. The summed E-state index contributed by atoms with van der Waals surface area (Å²) in [7, 11) is 0. The SMILES string of the molecule is CC(C)(C)c1cc(/C=N\NC(=O)COc2cc(Cl)cc(Cl)c2Cl)cc(C(C)(C)C)c1O. The third kappa shape index (κ3) is 6.76. The molecule has 2 aromatic rings. The summed E-state index contributed by atoms with van der Waals surface area (Å²) in [6.07, 6.45) is 1.53. The van der Waals surface area contributed by atoms with Gasteiger partial charge in [0.1, 0.15) is 16.5 Å². The lowest BCUT2D eigenvalue weighted by Gasteiger charge is -2.27. The number of halogens is 3. The number of ether oxygens (including phenoxy) is 1. The number of carbonyl (C=O) groups excluding carboxylic acids is 1. The van der Waals surface area contributed by atoms with Crippen LogP contribution in [0.5, 0.6) is 11.5 Å². The Hall–Kier alpha value is -1.95. The summed E-state index contributed by atoms with van der Waals surface area (Å²) in [5.41, 5.74) is 4.27. The van der Waals surface area contributed by atoms with Gasteiger partial charge in [0.2, 0.25) is 0 Å². The van der Waals surface area contributed by atoms with Gasteiger partial charge in [-0.15, -0.1) is 0 Å². The molecule has 0 aromatic heterocycles. The van der Waals surface area contributed by atoms with Crippen LogP contribution in [-0.4, -0.2) is 23.8 Å². The summed E-state index contributed by atoms with van der Waals surface area (Å²) in [4.78, 5) is 12.1. The van der Waals surface area contributed by atoms with Crippen LogP contribution in [0.25, 0.3) is 0 Å². The molecule has 0 fully saturated rings. The molecular weight excluding hydrogens is 459 g/mol. The van der Waals surface area contributed by atoms with Gasteiger partial charge in [-0.25, -0.2) is 5.43 Å². The number of rotatable bonds is 5. The summed E-state index contributed by atoms with van der Waals surface area (Å²) in [5, 5.41) is 15.6. The first-order chi connectivity index (χ1) is 14.2. The third-order valence-corrected chi connectivity index (χ3v) is 5.47. The molecule has 2 aromatic carbocycles. The second kappa shape index (κ2) is 9.68. The average Bonchev–Trinajstić information content (AvgIpc) is 2.62. The van der Waals surface area contributed by atoms with Crippen LogP contribution in [0.4, 0.5) is 0 Å². The molecule has 0 unspecified atom stereocenters. The molecule has 0 aliphatic rings. The Bertz CT molecular complexity index is 971. The lowest BCUT2D eigenvalue weighted by molar-refractivity contribution is -0.123. The van der Waals surface area contributed by atoms with Gasteiger partial charge in [0.25, 0.3) is 5.91 Å². The van der Waals surface area contributed by atoms with Crippen molar-refractivity contribution >= 4 is 46.9 Å². The zero-order valence-corrected chi connectivity index (χ0v) is 20.7. The Balaban J connectivity index is 2.14. The highest BCUT2D eigenvalue weighted by molar-refractivity contribution is 6.44. The lowest BCUT2D eigenvalue weighted by Crippen LogP contribution is -2.24. The standard InChI is InChI=1S/C23H27Cl3N2O3/c1-22(2,3)15-7-13(8-16(21(15)30)23(4,5)6)11-27-28-19(29)12-31-18-10-14(24)9-17(25)20(18)26/h7-11,30H,12H2,1-6H3,(H,28,29)/b27-11-. The quantitative estimate of drug-likeness (QED) is 0.289. The number of amides is 1. The fourth-order valence-electron chi connectivity index (χ4n) is 2.87. The normalized spacial score (nSPS) is 12.3. The van der Waals surface area contributed by atoms with Gasteiger partial charge in [0, 0.05) is 22.2 Å². The Morgan fingerprint density at radius 2 is 1.58 bits per heavy atom. The highest BCUT2D eigenvalue weighted by Crippen LogP contribution is 2.39. The molecule has 0 heterocycles. The van der Waals surface area contributed by atoms with E-state index < -0.39 is 5.91 Å². The zero-order chi connectivity index (χ0) is 23.6. The van der Waals surface area contributed by atoms with Gasteiger partial charge in [-0.05, 0) is 34.6 Å². The van der Waals surface area contributed by atoms with E-state index >= 15 is 0 Å². The molecule has 2 N–H and O–H groups in total. The summed E-state index contributed by atoms with van der Waals surface area (Å²) in [6, 6.07) is 6.69. The van der Waals surface area contributed by atoms with E-state index in [4.69, 9.17) is 39.5 Å². The van der Waals surface area contributed by atoms with E-state index in [2.05, 4.69) is 10.5 Å². The van der Waals surface area contributed by atoms with Crippen LogP contribution in [0.15, 0.2) is 29.4 Å². The Morgan fingerprint density at radius 3 is 2.10 bits per heavy atom. The zero-order valence-electron chi connectivity index (χ0n) is 18.4. The van der Waals surface area contributed by atoms with E-state index in [0.717, 1.165) is 16.7 Å². The minimum absolute atomic E-state index is 0.177. The van der Waals surface area contributed by atoms with E-state index in [9.17, 15) is 9.90 Å². The number of nitrogens with zero attached hydrogens (tertiary/aromatic N) is 1. The summed E-state index contributed by atoms with van der Waals surface area (Å²) >= 11 is 17.9. The average molecular weight is 486 g/mol. The van der Waals surface area contributed by atoms with Crippen molar-refractivity contribution in [3.05, 3.63) is 56.0 Å². The fourth-order valence-corrected chi connectivity index (χ4v) is 3.50. The van der Waals surface area contributed by atoms with Gasteiger partial charge in [-0.3, -0.25) is 4.79 Å². The van der Waals surface area contributed by atoms with Gasteiger partial charge >= 0.3 is 0 Å². The molecule has 0 saturated heterocycles.